The van der Waals surface area contributed by atoms with Gasteiger partial charge in [-0.1, -0.05) is 50.5 Å². The van der Waals surface area contributed by atoms with Crippen molar-refractivity contribution >= 4 is 5.97 Å². The molecule has 0 radical (unpaired) electrons. The quantitative estimate of drug-likeness (QED) is 0.873. The number of carboxylic acid groups (broad SMARTS) is 1. The zero-order valence-corrected chi connectivity index (χ0v) is 12.1. The summed E-state index contributed by atoms with van der Waals surface area (Å²) < 4.78 is 14.6. The minimum absolute atomic E-state index is 0.356. The predicted octanol–water partition coefficient (Wildman–Crippen LogP) is 4.26. The molecule has 2 atom stereocenters. The lowest BCUT2D eigenvalue weighted by Crippen LogP contribution is -2.47. The lowest BCUT2D eigenvalue weighted by atomic mass is 9.66. The number of halogens is 1. The molecule has 1 aliphatic carbocycles. The fraction of sp³-hybridized carbons (Fsp3) is 0.588. The van der Waals surface area contributed by atoms with Crippen LogP contribution in [0.1, 0.15) is 56.6 Å². The van der Waals surface area contributed by atoms with E-state index in [1.54, 1.807) is 0 Å². The Morgan fingerprint density at radius 2 is 2.15 bits per heavy atom. The van der Waals surface area contributed by atoms with Crippen molar-refractivity contribution in [1.29, 1.82) is 0 Å². The Morgan fingerprint density at radius 3 is 2.80 bits per heavy atom. The lowest BCUT2D eigenvalue weighted by molar-refractivity contribution is -0.148. The van der Waals surface area contributed by atoms with Gasteiger partial charge in [-0.2, -0.15) is 0 Å². The molecule has 1 aromatic rings. The van der Waals surface area contributed by atoms with Crippen LogP contribution in [0, 0.1) is 0 Å². The summed E-state index contributed by atoms with van der Waals surface area (Å²) in [6, 6.07) is 7.52. The van der Waals surface area contributed by atoms with Crippen molar-refractivity contribution in [2.24, 2.45) is 0 Å². The first-order valence-electron chi connectivity index (χ1n) is 7.58. The summed E-state index contributed by atoms with van der Waals surface area (Å²) in [5.74, 6) is -1.01. The van der Waals surface area contributed by atoms with Gasteiger partial charge in [-0.15, -0.1) is 0 Å². The smallest absolute Gasteiger partial charge is 0.317 e. The number of rotatable bonds is 5. The molecule has 0 aliphatic heterocycles. The summed E-state index contributed by atoms with van der Waals surface area (Å²) in [4.78, 5) is 11.9. The maximum Gasteiger partial charge on any atom is 0.317 e. The Balaban J connectivity index is 2.46. The standard InChI is InChI=1S/C17H23FO2/c1-2-3-8-13-9-4-5-10-14(13)17(16(19)20)12-7-6-11-15(17)18/h4-5,9-10,15H,2-3,6-8,11-12H2,1H3,(H,19,20). The fourth-order valence-electron chi connectivity index (χ4n) is 3.33. The number of aryl methyl sites for hydroxylation is 1. The van der Waals surface area contributed by atoms with Gasteiger partial charge in [-0.05, 0) is 36.8 Å². The van der Waals surface area contributed by atoms with Crippen molar-refractivity contribution in [3.63, 3.8) is 0 Å². The third-order valence-electron chi connectivity index (χ3n) is 4.49. The van der Waals surface area contributed by atoms with E-state index < -0.39 is 17.6 Å². The van der Waals surface area contributed by atoms with Crippen LogP contribution >= 0.6 is 0 Å². The van der Waals surface area contributed by atoms with E-state index in [0.717, 1.165) is 37.7 Å². The van der Waals surface area contributed by atoms with E-state index in [0.29, 0.717) is 18.4 Å². The highest BCUT2D eigenvalue weighted by Crippen LogP contribution is 2.43. The fourth-order valence-corrected chi connectivity index (χ4v) is 3.33. The second-order valence-electron chi connectivity index (χ2n) is 5.75. The van der Waals surface area contributed by atoms with E-state index in [4.69, 9.17) is 0 Å². The van der Waals surface area contributed by atoms with Crippen molar-refractivity contribution < 1.29 is 14.3 Å². The van der Waals surface area contributed by atoms with Gasteiger partial charge in [0.05, 0.1) is 0 Å². The largest absolute Gasteiger partial charge is 0.480 e. The maximum atomic E-state index is 14.6. The average molecular weight is 278 g/mol. The SMILES string of the molecule is CCCCc1ccccc1C1(C(=O)O)CCCCC1F. The predicted molar refractivity (Wildman–Crippen MR) is 77.7 cm³/mol. The number of aliphatic carboxylic acids is 1. The van der Waals surface area contributed by atoms with Crippen LogP contribution in [0.15, 0.2) is 24.3 Å². The van der Waals surface area contributed by atoms with Crippen LogP contribution < -0.4 is 0 Å². The number of hydrogen-bond acceptors (Lipinski definition) is 1. The van der Waals surface area contributed by atoms with E-state index in [1.165, 1.54) is 0 Å². The zero-order chi connectivity index (χ0) is 14.6. The van der Waals surface area contributed by atoms with Gasteiger partial charge in [0.1, 0.15) is 11.6 Å². The number of alkyl halides is 1. The first-order valence-corrected chi connectivity index (χ1v) is 7.58. The maximum absolute atomic E-state index is 14.6. The van der Waals surface area contributed by atoms with E-state index in [1.807, 2.05) is 24.3 Å². The second-order valence-corrected chi connectivity index (χ2v) is 5.75. The molecule has 2 rings (SSSR count). The van der Waals surface area contributed by atoms with Crippen LogP contribution in [-0.4, -0.2) is 17.2 Å². The number of carbonyl (C=O) groups is 1. The van der Waals surface area contributed by atoms with Crippen molar-refractivity contribution in [1.82, 2.24) is 0 Å². The lowest BCUT2D eigenvalue weighted by Gasteiger charge is -2.38. The highest BCUT2D eigenvalue weighted by atomic mass is 19.1. The normalized spacial score (nSPS) is 26.4. The number of unbranched alkanes of at least 4 members (excludes halogenated alkanes) is 1. The van der Waals surface area contributed by atoms with Crippen LogP contribution in [0.2, 0.25) is 0 Å². The first-order chi connectivity index (χ1) is 9.63. The molecule has 0 spiro atoms. The van der Waals surface area contributed by atoms with Crippen molar-refractivity contribution in [3.05, 3.63) is 35.4 Å². The molecule has 2 nitrogen and oxygen atoms in total. The van der Waals surface area contributed by atoms with Gasteiger partial charge < -0.3 is 5.11 Å². The van der Waals surface area contributed by atoms with E-state index in [9.17, 15) is 14.3 Å². The van der Waals surface area contributed by atoms with Crippen molar-refractivity contribution in [2.75, 3.05) is 0 Å². The molecule has 0 bridgehead atoms. The molecule has 0 heterocycles. The molecule has 1 aliphatic rings. The van der Waals surface area contributed by atoms with Gasteiger partial charge >= 0.3 is 5.97 Å². The van der Waals surface area contributed by atoms with E-state index in [-0.39, 0.29) is 0 Å². The molecule has 1 saturated carbocycles. The number of benzene rings is 1. The summed E-state index contributed by atoms with van der Waals surface area (Å²) in [6.45, 7) is 2.11. The molecular formula is C17H23FO2. The molecule has 1 N–H and O–H groups in total. The molecular weight excluding hydrogens is 255 g/mol. The molecule has 2 unspecified atom stereocenters. The summed E-state index contributed by atoms with van der Waals surface area (Å²) in [5, 5.41) is 9.72. The van der Waals surface area contributed by atoms with Crippen LogP contribution in [0.5, 0.6) is 0 Å². The van der Waals surface area contributed by atoms with Crippen molar-refractivity contribution in [3.8, 4) is 0 Å². The highest BCUT2D eigenvalue weighted by molar-refractivity contribution is 5.83. The Bertz CT molecular complexity index is 472. The summed E-state index contributed by atoms with van der Waals surface area (Å²) in [5.41, 5.74) is 0.372. The molecule has 110 valence electrons. The van der Waals surface area contributed by atoms with Gasteiger partial charge in [-0.25, -0.2) is 4.39 Å². The first kappa shape index (κ1) is 15.0. The molecule has 1 fully saturated rings. The third-order valence-corrected chi connectivity index (χ3v) is 4.49. The molecule has 0 amide bonds. The number of carboxylic acids is 1. The summed E-state index contributed by atoms with van der Waals surface area (Å²) in [6.07, 6.45) is 3.94. The van der Waals surface area contributed by atoms with Crippen LogP contribution in [0.25, 0.3) is 0 Å². The molecule has 1 aromatic carbocycles. The summed E-state index contributed by atoms with van der Waals surface area (Å²) >= 11 is 0. The Morgan fingerprint density at radius 1 is 1.40 bits per heavy atom. The summed E-state index contributed by atoms with van der Waals surface area (Å²) in [7, 11) is 0. The molecule has 20 heavy (non-hydrogen) atoms. The van der Waals surface area contributed by atoms with Gasteiger partial charge in [0.2, 0.25) is 0 Å². The third kappa shape index (κ3) is 2.58. The average Bonchev–Trinajstić information content (AvgIpc) is 2.46. The minimum atomic E-state index is -1.33. The monoisotopic (exact) mass is 278 g/mol. The van der Waals surface area contributed by atoms with Crippen LogP contribution in [0.3, 0.4) is 0 Å². The Hall–Kier alpha value is -1.38. The van der Waals surface area contributed by atoms with Gasteiger partial charge in [0.15, 0.2) is 0 Å². The van der Waals surface area contributed by atoms with Gasteiger partial charge in [0, 0.05) is 0 Å². The molecule has 0 aromatic heterocycles. The van der Waals surface area contributed by atoms with Gasteiger partial charge in [-0.3, -0.25) is 4.79 Å². The Kier molecular flexibility index (Phi) is 4.79. The van der Waals surface area contributed by atoms with E-state index >= 15 is 0 Å². The number of hydrogen-bond donors (Lipinski definition) is 1. The van der Waals surface area contributed by atoms with Crippen LogP contribution in [-0.2, 0) is 16.6 Å². The van der Waals surface area contributed by atoms with Crippen LogP contribution in [0.4, 0.5) is 4.39 Å². The van der Waals surface area contributed by atoms with E-state index in [2.05, 4.69) is 6.92 Å². The molecule has 3 heteroatoms. The van der Waals surface area contributed by atoms with Crippen molar-refractivity contribution in [2.45, 2.75) is 63.5 Å². The zero-order valence-electron chi connectivity index (χ0n) is 12.1. The minimum Gasteiger partial charge on any atom is -0.480 e. The van der Waals surface area contributed by atoms with Gasteiger partial charge in [0.25, 0.3) is 0 Å². The molecule has 0 saturated heterocycles. The second kappa shape index (κ2) is 6.38. The Labute approximate surface area is 120 Å². The topological polar surface area (TPSA) is 37.3 Å². The highest BCUT2D eigenvalue weighted by Gasteiger charge is 2.50.